The molecule has 0 aliphatic heterocycles. The lowest BCUT2D eigenvalue weighted by atomic mass is 10.2. The van der Waals surface area contributed by atoms with Crippen molar-refractivity contribution >= 4 is 11.9 Å². The van der Waals surface area contributed by atoms with Gasteiger partial charge >= 0.3 is 11.9 Å². The molecular formula is C24H44O4. The number of carbonyl (C=O) groups excluding carboxylic acids is 2. The van der Waals surface area contributed by atoms with Gasteiger partial charge in [0, 0.05) is 12.8 Å². The van der Waals surface area contributed by atoms with Gasteiger partial charge in [-0.2, -0.15) is 0 Å². The molecule has 0 fully saturated rings. The SMILES string of the molecule is CCCCCC=CCCC(=O)OCC.CCCCCC=CCCC(=O)OCC. The largest absolute Gasteiger partial charge is 0.466 e. The summed E-state index contributed by atoms with van der Waals surface area (Å²) in [7, 11) is 0. The highest BCUT2D eigenvalue weighted by atomic mass is 16.5. The minimum absolute atomic E-state index is 0.0919. The maximum absolute atomic E-state index is 10.9. The van der Waals surface area contributed by atoms with Crippen molar-refractivity contribution in [2.24, 2.45) is 0 Å². The normalized spacial score (nSPS) is 10.7. The zero-order chi connectivity index (χ0) is 21.3. The molecule has 0 aromatic carbocycles. The second-order valence-electron chi connectivity index (χ2n) is 6.62. The molecule has 0 heterocycles. The minimum atomic E-state index is -0.0919. The van der Waals surface area contributed by atoms with Crippen molar-refractivity contribution in [1.29, 1.82) is 0 Å². The molecule has 0 aromatic rings. The summed E-state index contributed by atoms with van der Waals surface area (Å²) in [6, 6.07) is 0. The molecule has 0 aromatic heterocycles. The Morgan fingerprint density at radius 1 is 0.571 bits per heavy atom. The van der Waals surface area contributed by atoms with Crippen molar-refractivity contribution in [3.8, 4) is 0 Å². The number of esters is 2. The van der Waals surface area contributed by atoms with Gasteiger partial charge in [-0.1, -0.05) is 63.8 Å². The summed E-state index contributed by atoms with van der Waals surface area (Å²) in [6.07, 6.45) is 21.0. The lowest BCUT2D eigenvalue weighted by molar-refractivity contribution is -0.143. The van der Waals surface area contributed by atoms with Gasteiger partial charge in [-0.15, -0.1) is 0 Å². The fraction of sp³-hybridized carbons (Fsp3) is 0.750. The van der Waals surface area contributed by atoms with Gasteiger partial charge in [0.15, 0.2) is 0 Å². The van der Waals surface area contributed by atoms with E-state index in [4.69, 9.17) is 9.47 Å². The predicted molar refractivity (Wildman–Crippen MR) is 118 cm³/mol. The van der Waals surface area contributed by atoms with Crippen LogP contribution in [0.15, 0.2) is 24.3 Å². The Morgan fingerprint density at radius 2 is 0.929 bits per heavy atom. The molecular weight excluding hydrogens is 352 g/mol. The van der Waals surface area contributed by atoms with Crippen molar-refractivity contribution in [1.82, 2.24) is 0 Å². The predicted octanol–water partition coefficient (Wildman–Crippen LogP) is 6.93. The van der Waals surface area contributed by atoms with Crippen LogP contribution in [0.4, 0.5) is 0 Å². The van der Waals surface area contributed by atoms with Gasteiger partial charge in [0.05, 0.1) is 13.2 Å². The fourth-order valence-electron chi connectivity index (χ4n) is 2.36. The summed E-state index contributed by atoms with van der Waals surface area (Å²) in [5, 5.41) is 0. The summed E-state index contributed by atoms with van der Waals surface area (Å²) in [6.45, 7) is 9.03. The molecule has 0 saturated carbocycles. The van der Waals surface area contributed by atoms with Crippen LogP contribution >= 0.6 is 0 Å². The molecule has 0 amide bonds. The Bertz CT molecular complexity index is 361. The maximum Gasteiger partial charge on any atom is 0.306 e. The third-order valence-corrected chi connectivity index (χ3v) is 3.92. The third-order valence-electron chi connectivity index (χ3n) is 3.92. The summed E-state index contributed by atoms with van der Waals surface area (Å²) >= 11 is 0. The molecule has 4 heteroatoms. The van der Waals surface area contributed by atoms with Crippen molar-refractivity contribution < 1.29 is 19.1 Å². The molecule has 164 valence electrons. The Labute approximate surface area is 173 Å². The second kappa shape index (κ2) is 25.4. The number of rotatable bonds is 16. The molecule has 0 bridgehead atoms. The second-order valence-corrected chi connectivity index (χ2v) is 6.62. The highest BCUT2D eigenvalue weighted by molar-refractivity contribution is 5.69. The first kappa shape index (κ1) is 28.6. The number of hydrogen-bond acceptors (Lipinski definition) is 4. The van der Waals surface area contributed by atoms with Gasteiger partial charge < -0.3 is 9.47 Å². The molecule has 0 atom stereocenters. The van der Waals surface area contributed by atoms with Crippen LogP contribution in [0.3, 0.4) is 0 Å². The Hall–Kier alpha value is -1.58. The van der Waals surface area contributed by atoms with E-state index < -0.39 is 0 Å². The van der Waals surface area contributed by atoms with Crippen LogP contribution < -0.4 is 0 Å². The summed E-state index contributed by atoms with van der Waals surface area (Å²) in [5.74, 6) is -0.184. The van der Waals surface area contributed by atoms with E-state index in [1.165, 1.54) is 38.5 Å². The van der Waals surface area contributed by atoms with Crippen molar-refractivity contribution in [2.45, 2.75) is 105 Å². The van der Waals surface area contributed by atoms with E-state index in [2.05, 4.69) is 38.2 Å². The summed E-state index contributed by atoms with van der Waals surface area (Å²) in [5.41, 5.74) is 0. The van der Waals surface area contributed by atoms with Crippen molar-refractivity contribution in [3.63, 3.8) is 0 Å². The standard InChI is InChI=1S/2C12H22O2/c2*1-3-5-6-7-8-9-10-11-12(13)14-4-2/h2*8-9H,3-7,10-11H2,1-2H3. The van der Waals surface area contributed by atoms with Crippen LogP contribution in [-0.4, -0.2) is 25.2 Å². The van der Waals surface area contributed by atoms with Gasteiger partial charge in [-0.25, -0.2) is 0 Å². The Morgan fingerprint density at radius 3 is 1.25 bits per heavy atom. The smallest absolute Gasteiger partial charge is 0.306 e. The Kier molecular flexibility index (Phi) is 26.0. The minimum Gasteiger partial charge on any atom is -0.466 e. The van der Waals surface area contributed by atoms with Gasteiger partial charge in [0.25, 0.3) is 0 Å². The molecule has 0 N–H and O–H groups in total. The molecule has 0 rings (SSSR count). The van der Waals surface area contributed by atoms with Crippen molar-refractivity contribution in [2.75, 3.05) is 13.2 Å². The molecule has 0 unspecified atom stereocenters. The molecule has 0 spiro atoms. The zero-order valence-electron chi connectivity index (χ0n) is 18.8. The fourth-order valence-corrected chi connectivity index (χ4v) is 2.36. The van der Waals surface area contributed by atoms with E-state index in [0.29, 0.717) is 26.1 Å². The topological polar surface area (TPSA) is 52.6 Å². The quantitative estimate of drug-likeness (QED) is 0.161. The molecule has 0 aliphatic rings. The van der Waals surface area contributed by atoms with Crippen LogP contribution in [0, 0.1) is 0 Å². The maximum atomic E-state index is 10.9. The molecule has 4 nitrogen and oxygen atoms in total. The first-order valence-corrected chi connectivity index (χ1v) is 11.2. The zero-order valence-corrected chi connectivity index (χ0v) is 18.8. The van der Waals surface area contributed by atoms with E-state index in [1.54, 1.807) is 0 Å². The molecule has 0 aliphatic carbocycles. The summed E-state index contributed by atoms with van der Waals surface area (Å²) in [4.78, 5) is 21.8. The van der Waals surface area contributed by atoms with Crippen LogP contribution in [0.25, 0.3) is 0 Å². The highest BCUT2D eigenvalue weighted by Gasteiger charge is 1.98. The van der Waals surface area contributed by atoms with E-state index in [1.807, 2.05) is 13.8 Å². The first-order valence-electron chi connectivity index (χ1n) is 11.2. The average Bonchev–Trinajstić information content (AvgIpc) is 2.67. The average molecular weight is 397 g/mol. The lowest BCUT2D eigenvalue weighted by Gasteiger charge is -1.98. The third kappa shape index (κ3) is 26.6. The number of hydrogen-bond donors (Lipinski definition) is 0. The van der Waals surface area contributed by atoms with Crippen LogP contribution in [0.2, 0.25) is 0 Å². The lowest BCUT2D eigenvalue weighted by Crippen LogP contribution is -2.02. The number of carbonyl (C=O) groups is 2. The summed E-state index contributed by atoms with van der Waals surface area (Å²) < 4.78 is 9.63. The van der Waals surface area contributed by atoms with Gasteiger partial charge in [-0.3, -0.25) is 9.59 Å². The first-order chi connectivity index (χ1) is 13.6. The highest BCUT2D eigenvalue weighted by Crippen LogP contribution is 2.02. The van der Waals surface area contributed by atoms with E-state index in [-0.39, 0.29) is 11.9 Å². The van der Waals surface area contributed by atoms with Crippen LogP contribution in [0.1, 0.15) is 105 Å². The number of allylic oxidation sites excluding steroid dienone is 4. The van der Waals surface area contributed by atoms with Gasteiger partial charge in [0.1, 0.15) is 0 Å². The Balaban J connectivity index is 0. The van der Waals surface area contributed by atoms with E-state index in [9.17, 15) is 9.59 Å². The van der Waals surface area contributed by atoms with Crippen molar-refractivity contribution in [3.05, 3.63) is 24.3 Å². The van der Waals surface area contributed by atoms with Crippen LogP contribution in [0.5, 0.6) is 0 Å². The van der Waals surface area contributed by atoms with Gasteiger partial charge in [-0.05, 0) is 52.4 Å². The van der Waals surface area contributed by atoms with Crippen LogP contribution in [-0.2, 0) is 19.1 Å². The molecule has 0 radical (unpaired) electrons. The molecule has 0 saturated heterocycles. The van der Waals surface area contributed by atoms with E-state index in [0.717, 1.165) is 25.7 Å². The number of unbranched alkanes of at least 4 members (excludes halogenated alkanes) is 6. The monoisotopic (exact) mass is 396 g/mol. The van der Waals surface area contributed by atoms with Gasteiger partial charge in [0.2, 0.25) is 0 Å². The number of ether oxygens (including phenoxy) is 2. The van der Waals surface area contributed by atoms with E-state index >= 15 is 0 Å². The molecule has 28 heavy (non-hydrogen) atoms.